The van der Waals surface area contributed by atoms with Gasteiger partial charge in [0.05, 0.1) is 23.9 Å². The number of esters is 1. The van der Waals surface area contributed by atoms with E-state index in [-0.39, 0.29) is 6.54 Å². The first-order valence-electron chi connectivity index (χ1n) is 10.1. The average molecular weight is 438 g/mol. The van der Waals surface area contributed by atoms with E-state index in [2.05, 4.69) is 10.5 Å². The molecule has 8 nitrogen and oxygen atoms in total. The Bertz CT molecular complexity index is 1050. The number of nitrogens with one attached hydrogen (secondary N) is 1. The lowest BCUT2D eigenvalue weighted by Gasteiger charge is -2.15. The first-order valence-corrected chi connectivity index (χ1v) is 10.1. The van der Waals surface area contributed by atoms with Crippen LogP contribution in [0.25, 0.3) is 0 Å². The monoisotopic (exact) mass is 438 g/mol. The SMILES string of the molecule is COc1ccccc1CNC(=O)C(C)OC(=O)c1ccc(OCc2c(C)noc2C)cc1. The van der Waals surface area contributed by atoms with Gasteiger partial charge in [-0.2, -0.15) is 0 Å². The molecule has 168 valence electrons. The quantitative estimate of drug-likeness (QED) is 0.508. The number of benzene rings is 2. The summed E-state index contributed by atoms with van der Waals surface area (Å²) in [7, 11) is 1.57. The number of aryl methyl sites for hydroxylation is 2. The van der Waals surface area contributed by atoms with Gasteiger partial charge in [0.25, 0.3) is 5.91 Å². The van der Waals surface area contributed by atoms with E-state index in [1.54, 1.807) is 31.4 Å². The summed E-state index contributed by atoms with van der Waals surface area (Å²) in [6, 6.07) is 13.9. The van der Waals surface area contributed by atoms with Crippen LogP contribution >= 0.6 is 0 Å². The fourth-order valence-corrected chi connectivity index (χ4v) is 3.01. The topological polar surface area (TPSA) is 99.9 Å². The van der Waals surface area contributed by atoms with Crippen LogP contribution in [-0.2, 0) is 22.7 Å². The second-order valence-electron chi connectivity index (χ2n) is 7.19. The van der Waals surface area contributed by atoms with E-state index < -0.39 is 18.0 Å². The first kappa shape index (κ1) is 22.9. The highest BCUT2D eigenvalue weighted by Crippen LogP contribution is 2.19. The number of amides is 1. The van der Waals surface area contributed by atoms with Crippen molar-refractivity contribution >= 4 is 11.9 Å². The maximum atomic E-state index is 12.4. The molecule has 0 aliphatic rings. The van der Waals surface area contributed by atoms with E-state index in [0.29, 0.717) is 29.4 Å². The minimum atomic E-state index is -0.951. The number of carbonyl (C=O) groups excluding carboxylic acids is 2. The van der Waals surface area contributed by atoms with Crippen LogP contribution < -0.4 is 14.8 Å². The van der Waals surface area contributed by atoms with Gasteiger partial charge in [0.2, 0.25) is 0 Å². The molecule has 8 heteroatoms. The van der Waals surface area contributed by atoms with E-state index in [0.717, 1.165) is 16.8 Å². The number of rotatable bonds is 9. The third kappa shape index (κ3) is 5.66. The fraction of sp³-hybridized carbons (Fsp3) is 0.292. The fourth-order valence-electron chi connectivity index (χ4n) is 3.01. The molecule has 1 unspecified atom stereocenters. The van der Waals surface area contributed by atoms with Crippen LogP contribution in [0.1, 0.15) is 39.9 Å². The maximum Gasteiger partial charge on any atom is 0.338 e. The summed E-state index contributed by atoms with van der Waals surface area (Å²) < 4.78 is 21.4. The van der Waals surface area contributed by atoms with Crippen molar-refractivity contribution in [1.82, 2.24) is 10.5 Å². The van der Waals surface area contributed by atoms with Gasteiger partial charge in [0.15, 0.2) is 6.10 Å². The average Bonchev–Trinajstić information content (AvgIpc) is 3.13. The van der Waals surface area contributed by atoms with Crippen LogP contribution in [0.3, 0.4) is 0 Å². The van der Waals surface area contributed by atoms with Crippen LogP contribution in [0, 0.1) is 13.8 Å². The normalized spacial score (nSPS) is 11.5. The minimum absolute atomic E-state index is 0.266. The van der Waals surface area contributed by atoms with E-state index in [4.69, 9.17) is 18.7 Å². The van der Waals surface area contributed by atoms with Crippen molar-refractivity contribution in [3.8, 4) is 11.5 Å². The zero-order chi connectivity index (χ0) is 23.1. The molecule has 0 aliphatic carbocycles. The second kappa shape index (κ2) is 10.5. The Morgan fingerprint density at radius 2 is 1.81 bits per heavy atom. The van der Waals surface area contributed by atoms with Crippen molar-refractivity contribution in [2.24, 2.45) is 0 Å². The van der Waals surface area contributed by atoms with Crippen LogP contribution in [-0.4, -0.2) is 30.2 Å². The molecule has 32 heavy (non-hydrogen) atoms. The van der Waals surface area contributed by atoms with E-state index in [1.165, 1.54) is 6.92 Å². The smallest absolute Gasteiger partial charge is 0.338 e. The molecule has 3 rings (SSSR count). The number of hydrogen-bond acceptors (Lipinski definition) is 7. The lowest BCUT2D eigenvalue weighted by Crippen LogP contribution is -2.35. The Kier molecular flexibility index (Phi) is 7.49. The molecule has 1 aromatic heterocycles. The van der Waals surface area contributed by atoms with Crippen molar-refractivity contribution < 1.29 is 28.3 Å². The Balaban J connectivity index is 1.50. The molecule has 0 bridgehead atoms. The zero-order valence-electron chi connectivity index (χ0n) is 18.5. The Labute approximate surface area is 186 Å². The van der Waals surface area contributed by atoms with Crippen molar-refractivity contribution in [3.63, 3.8) is 0 Å². The summed E-state index contributed by atoms with van der Waals surface area (Å²) in [5.74, 6) is 0.977. The van der Waals surface area contributed by atoms with Crippen LogP contribution in [0.2, 0.25) is 0 Å². The molecule has 1 amide bonds. The number of aromatic nitrogens is 1. The molecule has 0 spiro atoms. The molecule has 0 aliphatic heterocycles. The summed E-state index contributed by atoms with van der Waals surface area (Å²) in [4.78, 5) is 24.7. The molecular weight excluding hydrogens is 412 g/mol. The number of nitrogens with zero attached hydrogens (tertiary/aromatic N) is 1. The van der Waals surface area contributed by atoms with Gasteiger partial charge < -0.3 is 24.1 Å². The van der Waals surface area contributed by atoms with E-state index in [9.17, 15) is 9.59 Å². The lowest BCUT2D eigenvalue weighted by molar-refractivity contribution is -0.129. The molecule has 0 saturated carbocycles. The summed E-state index contributed by atoms with van der Waals surface area (Å²) >= 11 is 0. The molecule has 3 aromatic rings. The molecule has 1 atom stereocenters. The Morgan fingerprint density at radius 3 is 2.47 bits per heavy atom. The largest absolute Gasteiger partial charge is 0.496 e. The number of ether oxygens (including phenoxy) is 3. The van der Waals surface area contributed by atoms with Crippen molar-refractivity contribution in [1.29, 1.82) is 0 Å². The molecular formula is C24H26N2O6. The zero-order valence-corrected chi connectivity index (χ0v) is 18.5. The molecule has 1 N–H and O–H groups in total. The minimum Gasteiger partial charge on any atom is -0.496 e. The third-order valence-electron chi connectivity index (χ3n) is 4.95. The van der Waals surface area contributed by atoms with Crippen molar-refractivity contribution in [2.75, 3.05) is 7.11 Å². The van der Waals surface area contributed by atoms with Gasteiger partial charge in [-0.05, 0) is 51.1 Å². The summed E-state index contributed by atoms with van der Waals surface area (Å²) in [5.41, 5.74) is 2.82. The second-order valence-corrected chi connectivity index (χ2v) is 7.19. The van der Waals surface area contributed by atoms with Gasteiger partial charge in [-0.25, -0.2) is 4.79 Å². The standard InChI is InChI=1S/C24H26N2O6/c1-15-21(16(2)32-26-15)14-30-20-11-9-18(10-12-20)24(28)31-17(3)23(27)25-13-19-7-5-6-8-22(19)29-4/h5-12,17H,13-14H2,1-4H3,(H,25,27). The molecule has 0 fully saturated rings. The summed E-state index contributed by atoms with van der Waals surface area (Å²) in [6.07, 6.45) is -0.951. The predicted molar refractivity (Wildman–Crippen MR) is 116 cm³/mol. The van der Waals surface area contributed by atoms with E-state index >= 15 is 0 Å². The Hall–Kier alpha value is -3.81. The highest BCUT2D eigenvalue weighted by molar-refractivity contribution is 5.92. The number of carbonyl (C=O) groups is 2. The van der Waals surface area contributed by atoms with Crippen LogP contribution in [0.4, 0.5) is 0 Å². The highest BCUT2D eigenvalue weighted by Gasteiger charge is 2.19. The lowest BCUT2D eigenvalue weighted by atomic mass is 10.2. The molecule has 0 radical (unpaired) electrons. The van der Waals surface area contributed by atoms with Crippen molar-refractivity contribution in [3.05, 3.63) is 76.7 Å². The van der Waals surface area contributed by atoms with Gasteiger partial charge in [-0.3, -0.25) is 4.79 Å². The first-order chi connectivity index (χ1) is 15.4. The molecule has 1 heterocycles. The third-order valence-corrected chi connectivity index (χ3v) is 4.95. The molecule has 2 aromatic carbocycles. The number of hydrogen-bond donors (Lipinski definition) is 1. The Morgan fingerprint density at radius 1 is 1.09 bits per heavy atom. The van der Waals surface area contributed by atoms with Crippen LogP contribution in [0.5, 0.6) is 11.5 Å². The van der Waals surface area contributed by atoms with Crippen molar-refractivity contribution in [2.45, 2.75) is 40.0 Å². The highest BCUT2D eigenvalue weighted by atomic mass is 16.5. The van der Waals surface area contributed by atoms with Crippen LogP contribution in [0.15, 0.2) is 53.1 Å². The summed E-state index contributed by atoms with van der Waals surface area (Å²) in [6.45, 7) is 5.78. The predicted octanol–water partition coefficient (Wildman–Crippen LogP) is 3.74. The number of para-hydroxylation sites is 1. The molecule has 0 saturated heterocycles. The summed E-state index contributed by atoms with van der Waals surface area (Å²) in [5, 5.41) is 6.64. The number of methoxy groups -OCH3 is 1. The van der Waals surface area contributed by atoms with Gasteiger partial charge in [-0.15, -0.1) is 0 Å². The van der Waals surface area contributed by atoms with Gasteiger partial charge in [0.1, 0.15) is 23.9 Å². The maximum absolute atomic E-state index is 12.4. The van der Waals surface area contributed by atoms with Gasteiger partial charge in [-0.1, -0.05) is 23.4 Å². The van der Waals surface area contributed by atoms with Gasteiger partial charge >= 0.3 is 5.97 Å². The van der Waals surface area contributed by atoms with Gasteiger partial charge in [0, 0.05) is 12.1 Å². The van der Waals surface area contributed by atoms with E-state index in [1.807, 2.05) is 38.1 Å².